The molecule has 0 aliphatic heterocycles. The third kappa shape index (κ3) is 68.5. The van der Waals surface area contributed by atoms with Crippen molar-refractivity contribution in [1.29, 1.82) is 0 Å². The maximum Gasteiger partial charge on any atom is -0.00773 e. The fourth-order valence-corrected chi connectivity index (χ4v) is 7.58. The van der Waals surface area contributed by atoms with Crippen LogP contribution in [-0.4, -0.2) is 13.1 Å². The molecule has 6 N–H and O–H groups in total. The van der Waals surface area contributed by atoms with Gasteiger partial charge in [-0.3, -0.25) is 0 Å². The summed E-state index contributed by atoms with van der Waals surface area (Å²) in [5.41, 5.74) is 16.3. The quantitative estimate of drug-likeness (QED) is 0.0539. The molecule has 0 amide bonds. The SMILES string of the molecule is CCCCCCCCCCCCCCCC/C=C/N.CCCCCCCCCCCCCCCCCCN.CCCCCCCCCCCCCCCCN. The minimum absolute atomic E-state index is 0.873. The number of hydrogen-bond acceptors (Lipinski definition) is 3. The minimum Gasteiger partial charge on any atom is -0.405 e. The van der Waals surface area contributed by atoms with Crippen LogP contribution in [0.3, 0.4) is 0 Å². The third-order valence-corrected chi connectivity index (χ3v) is 11.5. The number of unbranched alkanes of at least 4 members (excludes halogenated alkanes) is 42. The summed E-state index contributed by atoms with van der Waals surface area (Å²) in [5.74, 6) is 0. The van der Waals surface area contributed by atoms with Gasteiger partial charge >= 0.3 is 0 Å². The summed E-state index contributed by atoms with van der Waals surface area (Å²) < 4.78 is 0. The highest BCUT2D eigenvalue weighted by Crippen LogP contribution is 2.16. The Bertz CT molecular complexity index is 576. The van der Waals surface area contributed by atoms with Crippen molar-refractivity contribution in [3.05, 3.63) is 12.3 Å². The van der Waals surface area contributed by atoms with Crippen molar-refractivity contribution >= 4 is 0 Å². The molecule has 0 aromatic heterocycles. The molecule has 0 unspecified atom stereocenters. The van der Waals surface area contributed by atoms with Crippen molar-refractivity contribution < 1.29 is 0 Å². The molecule has 3 nitrogen and oxygen atoms in total. The summed E-state index contributed by atoms with van der Waals surface area (Å²) in [6, 6.07) is 0. The molecular formula is C52H111N3. The van der Waals surface area contributed by atoms with Gasteiger partial charge in [-0.2, -0.15) is 0 Å². The molecule has 0 radical (unpaired) electrons. The van der Waals surface area contributed by atoms with Crippen LogP contribution in [-0.2, 0) is 0 Å². The van der Waals surface area contributed by atoms with Crippen molar-refractivity contribution in [1.82, 2.24) is 0 Å². The Morgan fingerprint density at radius 2 is 0.400 bits per heavy atom. The first-order chi connectivity index (χ1) is 27.2. The van der Waals surface area contributed by atoms with E-state index in [1.807, 2.05) is 0 Å². The molecule has 3 heteroatoms. The van der Waals surface area contributed by atoms with E-state index in [-0.39, 0.29) is 0 Å². The molecule has 0 heterocycles. The Kier molecular flexibility index (Phi) is 67.0. The summed E-state index contributed by atoms with van der Waals surface area (Å²) in [6.07, 6.45) is 67.6. The van der Waals surface area contributed by atoms with Gasteiger partial charge in [-0.25, -0.2) is 0 Å². The van der Waals surface area contributed by atoms with Crippen LogP contribution in [0.15, 0.2) is 12.3 Å². The van der Waals surface area contributed by atoms with E-state index < -0.39 is 0 Å². The average Bonchev–Trinajstić information content (AvgIpc) is 3.20. The van der Waals surface area contributed by atoms with Gasteiger partial charge in [0.2, 0.25) is 0 Å². The molecule has 0 saturated carbocycles. The zero-order chi connectivity index (χ0) is 40.6. The second-order valence-corrected chi connectivity index (χ2v) is 17.3. The Morgan fingerprint density at radius 3 is 0.564 bits per heavy atom. The van der Waals surface area contributed by atoms with Gasteiger partial charge in [-0.05, 0) is 45.0 Å². The molecular weight excluding hydrogens is 667 g/mol. The van der Waals surface area contributed by atoms with Crippen molar-refractivity contribution in [2.75, 3.05) is 13.1 Å². The van der Waals surface area contributed by atoms with E-state index >= 15 is 0 Å². The lowest BCUT2D eigenvalue weighted by Crippen LogP contribution is -1.97. The van der Waals surface area contributed by atoms with Crippen LogP contribution in [0.2, 0.25) is 0 Å². The van der Waals surface area contributed by atoms with E-state index in [0.29, 0.717) is 0 Å². The van der Waals surface area contributed by atoms with Crippen molar-refractivity contribution in [3.8, 4) is 0 Å². The largest absolute Gasteiger partial charge is 0.405 e. The van der Waals surface area contributed by atoms with Crippen LogP contribution in [0, 0.1) is 0 Å². The molecule has 334 valence electrons. The van der Waals surface area contributed by atoms with Gasteiger partial charge in [0.1, 0.15) is 0 Å². The Hall–Kier alpha value is -0.540. The van der Waals surface area contributed by atoms with Gasteiger partial charge in [0.05, 0.1) is 0 Å². The minimum atomic E-state index is 0.873. The van der Waals surface area contributed by atoms with E-state index in [2.05, 4.69) is 26.8 Å². The molecule has 0 fully saturated rings. The number of rotatable bonds is 45. The summed E-state index contributed by atoms with van der Waals surface area (Å²) >= 11 is 0. The van der Waals surface area contributed by atoms with E-state index in [0.717, 1.165) is 19.5 Å². The number of nitrogens with two attached hydrogens (primary N) is 3. The van der Waals surface area contributed by atoms with Crippen LogP contribution in [0.25, 0.3) is 0 Å². The first kappa shape index (κ1) is 58.8. The number of allylic oxidation sites excluding steroid dienone is 1. The highest BCUT2D eigenvalue weighted by molar-refractivity contribution is 4.74. The van der Waals surface area contributed by atoms with Gasteiger partial charge < -0.3 is 17.2 Å². The molecule has 0 aliphatic carbocycles. The Labute approximate surface area is 351 Å². The maximum atomic E-state index is 5.48. The van der Waals surface area contributed by atoms with Crippen LogP contribution >= 0.6 is 0 Å². The molecule has 0 spiro atoms. The fraction of sp³-hybridized carbons (Fsp3) is 0.962. The van der Waals surface area contributed by atoms with Gasteiger partial charge in [0, 0.05) is 0 Å². The lowest BCUT2D eigenvalue weighted by molar-refractivity contribution is 0.530. The third-order valence-electron chi connectivity index (χ3n) is 11.5. The van der Waals surface area contributed by atoms with Crippen molar-refractivity contribution in [2.24, 2.45) is 17.2 Å². The second-order valence-electron chi connectivity index (χ2n) is 17.3. The molecule has 0 rings (SSSR count). The van der Waals surface area contributed by atoms with Crippen molar-refractivity contribution in [2.45, 2.75) is 310 Å². The van der Waals surface area contributed by atoms with E-state index in [1.165, 1.54) is 283 Å². The van der Waals surface area contributed by atoms with Crippen LogP contribution < -0.4 is 17.2 Å². The topological polar surface area (TPSA) is 78.1 Å². The first-order valence-corrected chi connectivity index (χ1v) is 26.0. The van der Waals surface area contributed by atoms with Crippen LogP contribution in [0.1, 0.15) is 310 Å². The molecule has 0 atom stereocenters. The Morgan fingerprint density at radius 1 is 0.236 bits per heavy atom. The average molecular weight is 778 g/mol. The zero-order valence-corrected chi connectivity index (χ0v) is 39.1. The van der Waals surface area contributed by atoms with E-state index in [9.17, 15) is 0 Å². The van der Waals surface area contributed by atoms with E-state index in [1.54, 1.807) is 6.20 Å². The standard InChI is InChI=1S/C18H39N.C18H37N.C16H35N/c2*1-2-3-4-5-6-7-8-9-10-11-12-13-14-15-16-17-18-19;1-2-3-4-5-6-7-8-9-10-11-12-13-14-15-16-17/h2-19H2,1H3;17-18H,2-16,19H2,1H3;2-17H2,1H3/b;18-17+;. The first-order valence-electron chi connectivity index (χ1n) is 26.0. The van der Waals surface area contributed by atoms with Gasteiger partial charge in [0.15, 0.2) is 0 Å². The van der Waals surface area contributed by atoms with Gasteiger partial charge in [0.25, 0.3) is 0 Å². The van der Waals surface area contributed by atoms with E-state index in [4.69, 9.17) is 17.2 Å². The zero-order valence-electron chi connectivity index (χ0n) is 39.1. The molecule has 0 aliphatic rings. The predicted octanol–water partition coefficient (Wildman–Crippen LogP) is 18.0. The van der Waals surface area contributed by atoms with Crippen LogP contribution in [0.5, 0.6) is 0 Å². The van der Waals surface area contributed by atoms with Crippen molar-refractivity contribution in [3.63, 3.8) is 0 Å². The second kappa shape index (κ2) is 62.6. The summed E-state index contributed by atoms with van der Waals surface area (Å²) in [7, 11) is 0. The fourth-order valence-electron chi connectivity index (χ4n) is 7.58. The lowest BCUT2D eigenvalue weighted by Gasteiger charge is -2.03. The van der Waals surface area contributed by atoms with Gasteiger partial charge in [-0.15, -0.1) is 0 Å². The molecule has 55 heavy (non-hydrogen) atoms. The Balaban J connectivity index is -0.000000739. The molecule has 0 aromatic carbocycles. The highest BCUT2D eigenvalue weighted by Gasteiger charge is 1.96. The monoisotopic (exact) mass is 778 g/mol. The van der Waals surface area contributed by atoms with Gasteiger partial charge in [-0.1, -0.05) is 290 Å². The molecule has 0 bridgehead atoms. The summed E-state index contributed by atoms with van der Waals surface area (Å²) in [6.45, 7) is 8.61. The highest BCUT2D eigenvalue weighted by atomic mass is 14.5. The smallest absolute Gasteiger partial charge is 0.00773 e. The molecule has 0 aromatic rings. The number of hydrogen-bond donors (Lipinski definition) is 3. The summed E-state index contributed by atoms with van der Waals surface area (Å²) in [5, 5.41) is 0. The molecule has 0 saturated heterocycles. The predicted molar refractivity (Wildman–Crippen MR) is 256 cm³/mol. The lowest BCUT2D eigenvalue weighted by atomic mass is 10.0. The maximum absolute atomic E-state index is 5.48. The summed E-state index contributed by atoms with van der Waals surface area (Å²) in [4.78, 5) is 0. The van der Waals surface area contributed by atoms with Crippen LogP contribution in [0.4, 0.5) is 0 Å². The normalized spacial score (nSPS) is 11.1.